The summed E-state index contributed by atoms with van der Waals surface area (Å²) in [5.74, 6) is 0.00222. The monoisotopic (exact) mass is 398 g/mol. The smallest absolute Gasteiger partial charge is 0.326 e. The number of nitrogens with zero attached hydrogens (tertiary/aromatic N) is 1. The van der Waals surface area contributed by atoms with Crippen molar-refractivity contribution >= 4 is 11.9 Å². The molecular weight excluding hydrogens is 372 g/mol. The maximum atomic E-state index is 12.5. The van der Waals surface area contributed by atoms with E-state index >= 15 is 0 Å². The van der Waals surface area contributed by atoms with Crippen molar-refractivity contribution in [3.63, 3.8) is 0 Å². The number of carboxylic acid groups (broad SMARTS) is 1. The van der Waals surface area contributed by atoms with Gasteiger partial charge in [-0.1, -0.05) is 44.2 Å². The summed E-state index contributed by atoms with van der Waals surface area (Å²) in [6.45, 7) is 4.12. The van der Waals surface area contributed by atoms with Crippen LogP contribution in [0.3, 0.4) is 0 Å². The van der Waals surface area contributed by atoms with Crippen LogP contribution in [0.1, 0.15) is 32.1 Å². The molecule has 1 unspecified atom stereocenters. The number of aliphatic carboxylic acids is 1. The van der Waals surface area contributed by atoms with Gasteiger partial charge in [0.2, 0.25) is 5.91 Å². The molecule has 7 nitrogen and oxygen atoms in total. The fourth-order valence-electron chi connectivity index (χ4n) is 3.50. The van der Waals surface area contributed by atoms with Crippen LogP contribution < -0.4 is 10.1 Å². The minimum absolute atomic E-state index is 0.150. The van der Waals surface area contributed by atoms with E-state index in [9.17, 15) is 19.8 Å². The topological polar surface area (TPSA) is 99.1 Å². The van der Waals surface area contributed by atoms with Crippen LogP contribution in [0.2, 0.25) is 0 Å². The highest BCUT2D eigenvalue weighted by molar-refractivity contribution is 5.85. The molecule has 0 saturated carbocycles. The molecule has 0 radical (unpaired) electrons. The van der Waals surface area contributed by atoms with Gasteiger partial charge in [-0.3, -0.25) is 10.1 Å². The van der Waals surface area contributed by atoms with Gasteiger partial charge in [0.15, 0.2) is 0 Å². The average molecular weight is 398 g/mol. The number of para-hydroxylation sites is 1. The summed E-state index contributed by atoms with van der Waals surface area (Å²) < 4.78 is 5.71. The standard InChI is InChI=1S/C22H26N2O5/c1-22(2)12-18(21(27)28)24(14-22)19(25)13-23-20(26)15-8-10-17(11-9-15)29-16-6-4-3-5-7-16/h3-11,18,20,23,26H,12-14H2,1-2H3,(H,27,28)/t18-,20?/m0/s1. The van der Waals surface area contributed by atoms with Crippen LogP contribution in [0.25, 0.3) is 0 Å². The highest BCUT2D eigenvalue weighted by atomic mass is 16.5. The van der Waals surface area contributed by atoms with E-state index in [1.54, 1.807) is 24.3 Å². The Hall–Kier alpha value is -2.90. The van der Waals surface area contributed by atoms with Crippen molar-refractivity contribution in [3.05, 3.63) is 60.2 Å². The molecule has 0 bridgehead atoms. The summed E-state index contributed by atoms with van der Waals surface area (Å²) >= 11 is 0. The predicted molar refractivity (Wildman–Crippen MR) is 107 cm³/mol. The van der Waals surface area contributed by atoms with E-state index in [2.05, 4.69) is 5.32 Å². The highest BCUT2D eigenvalue weighted by Gasteiger charge is 2.43. The number of aliphatic hydroxyl groups excluding tert-OH is 1. The third-order valence-corrected chi connectivity index (χ3v) is 4.95. The first-order valence-corrected chi connectivity index (χ1v) is 9.52. The number of carbonyl (C=O) groups excluding carboxylic acids is 1. The molecule has 0 aliphatic carbocycles. The van der Waals surface area contributed by atoms with Crippen molar-refractivity contribution in [2.75, 3.05) is 13.1 Å². The molecule has 1 fully saturated rings. The van der Waals surface area contributed by atoms with Crippen LogP contribution in [0, 0.1) is 5.41 Å². The highest BCUT2D eigenvalue weighted by Crippen LogP contribution is 2.34. The Labute approximate surface area is 169 Å². The fraction of sp³-hybridized carbons (Fsp3) is 0.364. The number of rotatable bonds is 7. The number of nitrogens with one attached hydrogen (secondary N) is 1. The Morgan fingerprint density at radius 3 is 2.38 bits per heavy atom. The van der Waals surface area contributed by atoms with Gasteiger partial charge in [0.25, 0.3) is 0 Å². The van der Waals surface area contributed by atoms with Crippen molar-refractivity contribution in [2.45, 2.75) is 32.5 Å². The number of hydrogen-bond acceptors (Lipinski definition) is 5. The normalized spacial score (nSPS) is 19.0. The summed E-state index contributed by atoms with van der Waals surface area (Å²) in [6, 6.07) is 15.4. The van der Waals surface area contributed by atoms with Gasteiger partial charge in [0.1, 0.15) is 23.8 Å². The van der Waals surface area contributed by atoms with Gasteiger partial charge < -0.3 is 19.8 Å². The Morgan fingerprint density at radius 1 is 1.14 bits per heavy atom. The molecule has 7 heteroatoms. The summed E-state index contributed by atoms with van der Waals surface area (Å²) in [5, 5.41) is 22.5. The number of likely N-dealkylation sites (tertiary alicyclic amines) is 1. The number of ether oxygens (including phenoxy) is 1. The molecule has 1 aliphatic heterocycles. The molecular formula is C22H26N2O5. The van der Waals surface area contributed by atoms with Crippen LogP contribution in [0.4, 0.5) is 0 Å². The lowest BCUT2D eigenvalue weighted by Gasteiger charge is -2.23. The fourth-order valence-corrected chi connectivity index (χ4v) is 3.50. The van der Waals surface area contributed by atoms with Gasteiger partial charge in [-0.15, -0.1) is 0 Å². The Kier molecular flexibility index (Phi) is 6.20. The van der Waals surface area contributed by atoms with Crippen LogP contribution in [-0.4, -0.2) is 46.1 Å². The average Bonchev–Trinajstić information content (AvgIpc) is 3.03. The quantitative estimate of drug-likeness (QED) is 0.621. The second kappa shape index (κ2) is 8.63. The van der Waals surface area contributed by atoms with Crippen LogP contribution in [0.15, 0.2) is 54.6 Å². The van der Waals surface area contributed by atoms with Gasteiger partial charge in [-0.2, -0.15) is 0 Å². The zero-order valence-electron chi connectivity index (χ0n) is 16.5. The second-order valence-electron chi connectivity index (χ2n) is 8.01. The molecule has 0 spiro atoms. The van der Waals surface area contributed by atoms with Crippen molar-refractivity contribution in [3.8, 4) is 11.5 Å². The van der Waals surface area contributed by atoms with Crippen molar-refractivity contribution in [2.24, 2.45) is 5.41 Å². The second-order valence-corrected chi connectivity index (χ2v) is 8.01. The Bertz CT molecular complexity index is 851. The Balaban J connectivity index is 1.55. The van der Waals surface area contributed by atoms with E-state index in [-0.39, 0.29) is 17.9 Å². The summed E-state index contributed by atoms with van der Waals surface area (Å²) in [4.78, 5) is 25.3. The third kappa shape index (κ3) is 5.34. The molecule has 1 heterocycles. The summed E-state index contributed by atoms with van der Waals surface area (Å²) in [5.41, 5.74) is 0.334. The number of carbonyl (C=O) groups is 2. The van der Waals surface area contributed by atoms with Gasteiger partial charge in [-0.25, -0.2) is 4.79 Å². The Morgan fingerprint density at radius 2 is 1.76 bits per heavy atom. The maximum Gasteiger partial charge on any atom is 0.326 e. The molecule has 3 rings (SSSR count). The first-order chi connectivity index (χ1) is 13.7. The van der Waals surface area contributed by atoms with E-state index in [1.165, 1.54) is 4.90 Å². The minimum Gasteiger partial charge on any atom is -0.480 e. The molecule has 2 atom stereocenters. The summed E-state index contributed by atoms with van der Waals surface area (Å²) in [7, 11) is 0. The third-order valence-electron chi connectivity index (χ3n) is 4.95. The number of aliphatic hydroxyl groups is 1. The lowest BCUT2D eigenvalue weighted by molar-refractivity contribution is -0.148. The number of hydrogen-bond donors (Lipinski definition) is 3. The zero-order chi connectivity index (χ0) is 21.0. The van der Waals surface area contributed by atoms with Crippen LogP contribution in [-0.2, 0) is 9.59 Å². The SMILES string of the molecule is CC1(C)C[C@@H](C(=O)O)N(C(=O)CNC(O)c2ccc(Oc3ccccc3)cc2)C1. The molecule has 2 aromatic rings. The van der Waals surface area contributed by atoms with Gasteiger partial charge in [-0.05, 0) is 41.7 Å². The molecule has 1 saturated heterocycles. The maximum absolute atomic E-state index is 12.5. The van der Waals surface area contributed by atoms with Crippen LogP contribution in [0.5, 0.6) is 11.5 Å². The first-order valence-electron chi connectivity index (χ1n) is 9.52. The molecule has 154 valence electrons. The van der Waals surface area contributed by atoms with Gasteiger partial charge in [0, 0.05) is 6.54 Å². The molecule has 1 amide bonds. The van der Waals surface area contributed by atoms with E-state index in [0.29, 0.717) is 30.0 Å². The lowest BCUT2D eigenvalue weighted by Crippen LogP contribution is -2.45. The minimum atomic E-state index is -1.05. The molecule has 3 N–H and O–H groups in total. The molecule has 1 aliphatic rings. The summed E-state index contributed by atoms with van der Waals surface area (Å²) in [6.07, 6.45) is -0.636. The van der Waals surface area contributed by atoms with E-state index in [4.69, 9.17) is 4.74 Å². The van der Waals surface area contributed by atoms with Gasteiger partial charge in [0.05, 0.1) is 6.54 Å². The van der Waals surface area contributed by atoms with E-state index < -0.39 is 18.2 Å². The van der Waals surface area contributed by atoms with Gasteiger partial charge >= 0.3 is 5.97 Å². The molecule has 2 aromatic carbocycles. The first kappa shape index (κ1) is 20.8. The van der Waals surface area contributed by atoms with Crippen molar-refractivity contribution in [1.29, 1.82) is 0 Å². The number of amides is 1. The lowest BCUT2D eigenvalue weighted by atomic mass is 9.91. The largest absolute Gasteiger partial charge is 0.480 e. The van der Waals surface area contributed by atoms with E-state index in [1.807, 2.05) is 44.2 Å². The predicted octanol–water partition coefficient (Wildman–Crippen LogP) is 2.77. The van der Waals surface area contributed by atoms with Crippen molar-refractivity contribution < 1.29 is 24.5 Å². The van der Waals surface area contributed by atoms with E-state index in [0.717, 1.165) is 0 Å². The number of benzene rings is 2. The zero-order valence-corrected chi connectivity index (χ0v) is 16.5. The van der Waals surface area contributed by atoms with Crippen molar-refractivity contribution in [1.82, 2.24) is 10.2 Å². The number of carboxylic acids is 1. The molecule has 0 aromatic heterocycles. The molecule has 29 heavy (non-hydrogen) atoms. The van der Waals surface area contributed by atoms with Crippen LogP contribution >= 0.6 is 0 Å².